The van der Waals surface area contributed by atoms with Gasteiger partial charge in [-0.3, -0.25) is 4.79 Å². The number of carbonyl (C=O) groups excluding carboxylic acids is 2. The number of ketones is 1. The zero-order valence-electron chi connectivity index (χ0n) is 7.84. The van der Waals surface area contributed by atoms with Gasteiger partial charge in [-0.25, -0.2) is 4.79 Å². The van der Waals surface area contributed by atoms with Crippen molar-refractivity contribution in [2.24, 2.45) is 0 Å². The smallest absolute Gasteiger partial charge is 0.333 e. The van der Waals surface area contributed by atoms with Crippen LogP contribution in [0.25, 0.3) is 0 Å². The summed E-state index contributed by atoms with van der Waals surface area (Å²) in [4.78, 5) is 22.0. The van der Waals surface area contributed by atoms with E-state index in [4.69, 9.17) is 4.74 Å². The standard InChI is InChI=1S/C10H14O3/c1-7(2)10(12)13-9-5-3-8(11)4-6-9/h9H,1,3-6H2,2H3. The van der Waals surface area contributed by atoms with Gasteiger partial charge in [0, 0.05) is 18.4 Å². The number of hydrogen-bond donors (Lipinski definition) is 0. The van der Waals surface area contributed by atoms with E-state index in [0.717, 1.165) is 0 Å². The molecule has 3 nitrogen and oxygen atoms in total. The van der Waals surface area contributed by atoms with Crippen molar-refractivity contribution in [2.45, 2.75) is 38.7 Å². The molecule has 0 saturated heterocycles. The second kappa shape index (κ2) is 4.21. The van der Waals surface area contributed by atoms with E-state index in [-0.39, 0.29) is 17.9 Å². The van der Waals surface area contributed by atoms with Crippen LogP contribution in [0.2, 0.25) is 0 Å². The second-order valence-electron chi connectivity index (χ2n) is 3.42. The molecule has 1 fully saturated rings. The first kappa shape index (κ1) is 9.96. The molecule has 0 aromatic heterocycles. The van der Waals surface area contributed by atoms with Gasteiger partial charge in [-0.2, -0.15) is 0 Å². The number of rotatable bonds is 2. The van der Waals surface area contributed by atoms with Gasteiger partial charge in [-0.1, -0.05) is 6.58 Å². The zero-order chi connectivity index (χ0) is 9.84. The summed E-state index contributed by atoms with van der Waals surface area (Å²) < 4.78 is 5.11. The number of hydrogen-bond acceptors (Lipinski definition) is 3. The summed E-state index contributed by atoms with van der Waals surface area (Å²) in [5, 5.41) is 0. The van der Waals surface area contributed by atoms with Crippen molar-refractivity contribution in [1.82, 2.24) is 0 Å². The Morgan fingerprint density at radius 2 is 2.00 bits per heavy atom. The average molecular weight is 182 g/mol. The van der Waals surface area contributed by atoms with Crippen LogP contribution in [0.3, 0.4) is 0 Å². The maximum Gasteiger partial charge on any atom is 0.333 e. The van der Waals surface area contributed by atoms with Gasteiger partial charge in [0.25, 0.3) is 0 Å². The molecule has 0 aliphatic heterocycles. The molecule has 1 aliphatic carbocycles. The van der Waals surface area contributed by atoms with E-state index in [0.29, 0.717) is 31.3 Å². The molecule has 1 rings (SSSR count). The molecule has 0 N–H and O–H groups in total. The highest BCUT2D eigenvalue weighted by molar-refractivity contribution is 5.87. The molecule has 0 atom stereocenters. The third kappa shape index (κ3) is 3.01. The Kier molecular flexibility index (Phi) is 3.23. The monoisotopic (exact) mass is 182 g/mol. The Labute approximate surface area is 77.8 Å². The number of ether oxygens (including phenoxy) is 1. The normalized spacial score (nSPS) is 18.4. The maximum absolute atomic E-state index is 11.1. The Morgan fingerprint density at radius 3 is 2.46 bits per heavy atom. The molecular weight excluding hydrogens is 168 g/mol. The van der Waals surface area contributed by atoms with E-state index in [9.17, 15) is 9.59 Å². The lowest BCUT2D eigenvalue weighted by Gasteiger charge is -2.21. The van der Waals surface area contributed by atoms with Gasteiger partial charge < -0.3 is 4.74 Å². The molecule has 1 saturated carbocycles. The van der Waals surface area contributed by atoms with Crippen molar-refractivity contribution in [1.29, 1.82) is 0 Å². The lowest BCUT2D eigenvalue weighted by atomic mass is 9.96. The Bertz CT molecular complexity index is 233. The van der Waals surface area contributed by atoms with E-state index in [1.165, 1.54) is 0 Å². The van der Waals surface area contributed by atoms with Gasteiger partial charge in [0.15, 0.2) is 0 Å². The third-order valence-corrected chi connectivity index (χ3v) is 2.11. The van der Waals surface area contributed by atoms with Crippen molar-refractivity contribution in [2.75, 3.05) is 0 Å². The molecule has 0 heterocycles. The van der Waals surface area contributed by atoms with Crippen molar-refractivity contribution < 1.29 is 14.3 Å². The van der Waals surface area contributed by atoms with Crippen LogP contribution in [0.5, 0.6) is 0 Å². The number of Topliss-reactive ketones (excluding diaryl/α,β-unsaturated/α-hetero) is 1. The Morgan fingerprint density at radius 1 is 1.46 bits per heavy atom. The SMILES string of the molecule is C=C(C)C(=O)OC1CCC(=O)CC1. The average Bonchev–Trinajstić information content (AvgIpc) is 2.08. The zero-order valence-corrected chi connectivity index (χ0v) is 7.84. The first-order valence-electron chi connectivity index (χ1n) is 4.48. The second-order valence-corrected chi connectivity index (χ2v) is 3.42. The van der Waals surface area contributed by atoms with Crippen LogP contribution in [0.15, 0.2) is 12.2 Å². The van der Waals surface area contributed by atoms with Crippen molar-refractivity contribution in [3.63, 3.8) is 0 Å². The van der Waals surface area contributed by atoms with Gasteiger partial charge in [-0.05, 0) is 19.8 Å². The highest BCUT2D eigenvalue weighted by Crippen LogP contribution is 2.18. The largest absolute Gasteiger partial charge is 0.459 e. The van der Waals surface area contributed by atoms with Gasteiger partial charge in [-0.15, -0.1) is 0 Å². The first-order chi connectivity index (χ1) is 6.09. The summed E-state index contributed by atoms with van der Waals surface area (Å²) >= 11 is 0. The highest BCUT2D eigenvalue weighted by atomic mass is 16.5. The summed E-state index contributed by atoms with van der Waals surface area (Å²) in [5.74, 6) is -0.0815. The van der Waals surface area contributed by atoms with Crippen LogP contribution in [0.4, 0.5) is 0 Å². The quantitative estimate of drug-likeness (QED) is 0.481. The van der Waals surface area contributed by atoms with Gasteiger partial charge >= 0.3 is 5.97 Å². The predicted molar refractivity (Wildman–Crippen MR) is 48.2 cm³/mol. The minimum Gasteiger partial charge on any atom is -0.459 e. The summed E-state index contributed by atoms with van der Waals surface area (Å²) in [5.41, 5.74) is 0.414. The number of carbonyl (C=O) groups is 2. The van der Waals surface area contributed by atoms with E-state index in [1.54, 1.807) is 6.92 Å². The molecule has 0 unspecified atom stereocenters. The summed E-state index contributed by atoms with van der Waals surface area (Å²) in [6, 6.07) is 0. The van der Waals surface area contributed by atoms with Crippen LogP contribution in [0.1, 0.15) is 32.6 Å². The summed E-state index contributed by atoms with van der Waals surface area (Å²) in [6.07, 6.45) is 2.32. The maximum atomic E-state index is 11.1. The van der Waals surface area contributed by atoms with Gasteiger partial charge in [0.2, 0.25) is 0 Å². The van der Waals surface area contributed by atoms with E-state index in [1.807, 2.05) is 0 Å². The lowest BCUT2D eigenvalue weighted by Crippen LogP contribution is -2.24. The van der Waals surface area contributed by atoms with Crippen molar-refractivity contribution >= 4 is 11.8 Å². The van der Waals surface area contributed by atoms with E-state index in [2.05, 4.69) is 6.58 Å². The molecule has 0 aromatic rings. The van der Waals surface area contributed by atoms with Crippen LogP contribution in [-0.4, -0.2) is 17.9 Å². The Balaban J connectivity index is 2.34. The molecule has 1 aliphatic rings. The molecule has 0 bridgehead atoms. The molecule has 13 heavy (non-hydrogen) atoms. The van der Waals surface area contributed by atoms with Crippen LogP contribution in [0, 0.1) is 0 Å². The molecule has 0 radical (unpaired) electrons. The van der Waals surface area contributed by atoms with Gasteiger partial charge in [0.1, 0.15) is 11.9 Å². The molecule has 0 spiro atoms. The molecule has 0 amide bonds. The predicted octanol–water partition coefficient (Wildman–Crippen LogP) is 1.62. The third-order valence-electron chi connectivity index (χ3n) is 2.11. The fourth-order valence-electron chi connectivity index (χ4n) is 1.28. The Hall–Kier alpha value is -1.12. The first-order valence-corrected chi connectivity index (χ1v) is 4.48. The minimum atomic E-state index is -0.348. The van der Waals surface area contributed by atoms with Gasteiger partial charge in [0.05, 0.1) is 0 Å². The lowest BCUT2D eigenvalue weighted by molar-refractivity contribution is -0.147. The van der Waals surface area contributed by atoms with E-state index >= 15 is 0 Å². The van der Waals surface area contributed by atoms with E-state index < -0.39 is 0 Å². The fourth-order valence-corrected chi connectivity index (χ4v) is 1.28. The molecule has 3 heteroatoms. The topological polar surface area (TPSA) is 43.4 Å². The molecule has 0 aromatic carbocycles. The number of esters is 1. The van der Waals surface area contributed by atoms with Crippen LogP contribution in [-0.2, 0) is 14.3 Å². The molecule has 72 valence electrons. The summed E-state index contributed by atoms with van der Waals surface area (Å²) in [7, 11) is 0. The summed E-state index contributed by atoms with van der Waals surface area (Å²) in [6.45, 7) is 5.12. The fraction of sp³-hybridized carbons (Fsp3) is 0.600. The highest BCUT2D eigenvalue weighted by Gasteiger charge is 2.21. The van der Waals surface area contributed by atoms with Crippen LogP contribution >= 0.6 is 0 Å². The van der Waals surface area contributed by atoms with Crippen molar-refractivity contribution in [3.8, 4) is 0 Å². The molecular formula is C10H14O3. The van der Waals surface area contributed by atoms with Crippen LogP contribution < -0.4 is 0 Å². The van der Waals surface area contributed by atoms with Crippen molar-refractivity contribution in [3.05, 3.63) is 12.2 Å². The minimum absolute atomic E-state index is 0.0816.